The number of carbonyl (C=O) groups is 2. The van der Waals surface area contributed by atoms with Gasteiger partial charge < -0.3 is 5.32 Å². The van der Waals surface area contributed by atoms with E-state index in [1.807, 2.05) is 6.07 Å². The molecule has 5 nitrogen and oxygen atoms in total. The largest absolute Gasteiger partial charge is 0.321 e. The Labute approximate surface area is 139 Å². The van der Waals surface area contributed by atoms with Crippen molar-refractivity contribution >= 4 is 33.0 Å². The second-order valence-electron chi connectivity index (χ2n) is 5.43. The van der Waals surface area contributed by atoms with Crippen LogP contribution in [0, 0.1) is 0 Å². The van der Waals surface area contributed by atoms with E-state index in [1.54, 1.807) is 48.5 Å². The third kappa shape index (κ3) is 1.97. The van der Waals surface area contributed by atoms with Gasteiger partial charge in [0.2, 0.25) is 0 Å². The minimum Gasteiger partial charge on any atom is -0.321 e. The number of Topliss-reactive ketones (excluding diaryl/α,β-unsaturated/α-hetero) is 1. The lowest BCUT2D eigenvalue weighted by molar-refractivity contribution is -0.115. The molecule has 0 fully saturated rings. The predicted octanol–water partition coefficient (Wildman–Crippen LogP) is 1.75. The zero-order valence-corrected chi connectivity index (χ0v) is 13.2. The molecule has 0 spiro atoms. The fourth-order valence-electron chi connectivity index (χ4n) is 3.10. The molecule has 1 N–H and O–H groups in total. The number of hydrogen-bond acceptors (Lipinski definition) is 4. The quantitative estimate of drug-likeness (QED) is 0.818. The molecule has 2 aliphatic rings. The zero-order valence-electron chi connectivity index (χ0n) is 12.3. The van der Waals surface area contributed by atoms with Crippen molar-refractivity contribution in [2.45, 2.75) is 0 Å². The van der Waals surface area contributed by atoms with Crippen molar-refractivity contribution in [3.05, 3.63) is 82.4 Å². The van der Waals surface area contributed by atoms with Crippen LogP contribution >= 0.6 is 0 Å². The number of fused-ring (bicyclic) bond motifs is 2. The maximum atomic E-state index is 12.9. The van der Waals surface area contributed by atoms with Gasteiger partial charge in [-0.15, -0.1) is 0 Å². The molecule has 1 aliphatic carbocycles. The molecule has 2 aromatic rings. The van der Waals surface area contributed by atoms with Gasteiger partial charge in [-0.25, -0.2) is 8.42 Å². The SMILES string of the molecule is O=C1NC(c2ccccc2)=C2C(=O)c3ccccc3C([SH](=O)=O)=C12. The monoisotopic (exact) mass is 337 g/mol. The highest BCUT2D eigenvalue weighted by molar-refractivity contribution is 7.83. The van der Waals surface area contributed by atoms with E-state index in [0.717, 1.165) is 0 Å². The lowest BCUT2D eigenvalue weighted by Crippen LogP contribution is -2.20. The first-order valence-corrected chi connectivity index (χ1v) is 8.41. The summed E-state index contributed by atoms with van der Waals surface area (Å²) in [5, 5.41) is 2.66. The Hall–Kier alpha value is -2.99. The van der Waals surface area contributed by atoms with E-state index in [0.29, 0.717) is 11.3 Å². The Morgan fingerprint density at radius 3 is 2.04 bits per heavy atom. The van der Waals surface area contributed by atoms with Crippen molar-refractivity contribution in [1.82, 2.24) is 5.32 Å². The number of benzene rings is 2. The molecule has 1 amide bonds. The third-order valence-electron chi connectivity index (χ3n) is 4.10. The molecular formula is C18H11NO4S. The summed E-state index contributed by atoms with van der Waals surface area (Å²) in [5.41, 5.74) is 1.64. The highest BCUT2D eigenvalue weighted by Crippen LogP contribution is 2.41. The van der Waals surface area contributed by atoms with Crippen LogP contribution in [0.4, 0.5) is 0 Å². The van der Waals surface area contributed by atoms with Gasteiger partial charge in [0, 0.05) is 11.1 Å². The van der Waals surface area contributed by atoms with E-state index in [9.17, 15) is 18.0 Å². The van der Waals surface area contributed by atoms with E-state index >= 15 is 0 Å². The van der Waals surface area contributed by atoms with Crippen molar-refractivity contribution < 1.29 is 18.0 Å². The Morgan fingerprint density at radius 1 is 0.750 bits per heavy atom. The normalized spacial score (nSPS) is 16.4. The minimum absolute atomic E-state index is 0.0614. The Kier molecular flexibility index (Phi) is 3.21. The summed E-state index contributed by atoms with van der Waals surface area (Å²) in [4.78, 5) is 25.2. The molecule has 0 aromatic heterocycles. The van der Waals surface area contributed by atoms with Crippen molar-refractivity contribution in [2.75, 3.05) is 0 Å². The Bertz CT molecular complexity index is 1040. The fourth-order valence-corrected chi connectivity index (χ4v) is 3.89. The standard InChI is InChI=1S/C18H11NO4S/c20-16-11-8-4-5-9-12(11)17(24(22)23)14-13(16)15(19-18(14)21)10-6-2-1-3-7-10/h1-9,24H,(H,19,21). The maximum absolute atomic E-state index is 12.9. The minimum atomic E-state index is -3.04. The number of rotatable bonds is 2. The first-order chi connectivity index (χ1) is 11.6. The molecule has 0 atom stereocenters. The van der Waals surface area contributed by atoms with Gasteiger partial charge >= 0.3 is 0 Å². The van der Waals surface area contributed by atoms with Crippen LogP contribution in [0.15, 0.2) is 65.7 Å². The number of nitrogens with one attached hydrogen (secondary N) is 1. The molecular weight excluding hydrogens is 326 g/mol. The summed E-state index contributed by atoms with van der Waals surface area (Å²) >= 11 is 0. The van der Waals surface area contributed by atoms with E-state index in [1.165, 1.54) is 0 Å². The number of hydrogen-bond donors (Lipinski definition) is 2. The van der Waals surface area contributed by atoms with Crippen LogP contribution in [0.25, 0.3) is 10.6 Å². The van der Waals surface area contributed by atoms with Gasteiger partial charge in [-0.1, -0.05) is 54.6 Å². The van der Waals surface area contributed by atoms with Crippen molar-refractivity contribution in [1.29, 1.82) is 0 Å². The topological polar surface area (TPSA) is 80.3 Å². The fraction of sp³-hybridized carbons (Fsp3) is 0. The summed E-state index contributed by atoms with van der Waals surface area (Å²) < 4.78 is 23.6. The molecule has 0 radical (unpaired) electrons. The van der Waals surface area contributed by atoms with Gasteiger partial charge in [-0.3, -0.25) is 9.59 Å². The molecule has 0 saturated carbocycles. The number of thiol groups is 1. The average Bonchev–Trinajstić information content (AvgIpc) is 2.93. The van der Waals surface area contributed by atoms with E-state index in [-0.39, 0.29) is 33.0 Å². The molecule has 1 aliphatic heterocycles. The molecule has 1 heterocycles. The lowest BCUT2D eigenvalue weighted by Gasteiger charge is -2.17. The van der Waals surface area contributed by atoms with Crippen LogP contribution in [0.3, 0.4) is 0 Å². The van der Waals surface area contributed by atoms with Crippen molar-refractivity contribution in [3.8, 4) is 0 Å². The molecule has 2 aromatic carbocycles. The Balaban J connectivity index is 2.11. The molecule has 0 saturated heterocycles. The molecule has 24 heavy (non-hydrogen) atoms. The van der Waals surface area contributed by atoms with Crippen LogP contribution in [-0.4, -0.2) is 20.1 Å². The van der Waals surface area contributed by atoms with Gasteiger partial charge in [-0.2, -0.15) is 0 Å². The van der Waals surface area contributed by atoms with Crippen molar-refractivity contribution in [3.63, 3.8) is 0 Å². The number of ketones is 1. The van der Waals surface area contributed by atoms with Gasteiger partial charge in [0.25, 0.3) is 5.91 Å². The lowest BCUT2D eigenvalue weighted by atomic mass is 9.86. The molecule has 4 rings (SSSR count). The van der Waals surface area contributed by atoms with Crippen LogP contribution in [0.1, 0.15) is 21.5 Å². The first-order valence-electron chi connectivity index (χ1n) is 7.24. The molecule has 118 valence electrons. The first kappa shape index (κ1) is 14.6. The summed E-state index contributed by atoms with van der Waals surface area (Å²) in [6.45, 7) is 0. The second-order valence-corrected chi connectivity index (χ2v) is 6.39. The van der Waals surface area contributed by atoms with Gasteiger partial charge in [0.15, 0.2) is 16.5 Å². The summed E-state index contributed by atoms with van der Waals surface area (Å²) in [6, 6.07) is 15.3. The second kappa shape index (κ2) is 5.28. The predicted molar refractivity (Wildman–Crippen MR) is 89.5 cm³/mol. The number of amides is 1. The third-order valence-corrected chi connectivity index (χ3v) is 4.93. The summed E-state index contributed by atoms with van der Waals surface area (Å²) in [5.74, 6) is -0.917. The zero-order chi connectivity index (χ0) is 16.8. The number of carbonyl (C=O) groups excluding carboxylic acids is 2. The highest BCUT2D eigenvalue weighted by Gasteiger charge is 2.41. The van der Waals surface area contributed by atoms with Gasteiger partial charge in [0.05, 0.1) is 21.7 Å². The van der Waals surface area contributed by atoms with Crippen molar-refractivity contribution in [2.24, 2.45) is 0 Å². The molecule has 0 bridgehead atoms. The average molecular weight is 337 g/mol. The van der Waals surface area contributed by atoms with E-state index in [4.69, 9.17) is 0 Å². The van der Waals surface area contributed by atoms with Crippen LogP contribution < -0.4 is 5.32 Å². The van der Waals surface area contributed by atoms with E-state index in [2.05, 4.69) is 5.32 Å². The smallest absolute Gasteiger partial charge is 0.257 e. The Morgan fingerprint density at radius 2 is 1.38 bits per heavy atom. The van der Waals surface area contributed by atoms with Gasteiger partial charge in [-0.05, 0) is 5.56 Å². The highest BCUT2D eigenvalue weighted by atomic mass is 32.2. The summed E-state index contributed by atoms with van der Waals surface area (Å²) in [6.07, 6.45) is 0. The van der Waals surface area contributed by atoms with E-state index < -0.39 is 16.6 Å². The van der Waals surface area contributed by atoms with Crippen LogP contribution in [0.5, 0.6) is 0 Å². The molecule has 6 heteroatoms. The molecule has 0 unspecified atom stereocenters. The summed E-state index contributed by atoms with van der Waals surface area (Å²) in [7, 11) is -3.04. The van der Waals surface area contributed by atoms with Gasteiger partial charge in [0.1, 0.15) is 0 Å². The maximum Gasteiger partial charge on any atom is 0.257 e. The van der Waals surface area contributed by atoms with Crippen LogP contribution in [0.2, 0.25) is 0 Å². The van der Waals surface area contributed by atoms with Crippen LogP contribution in [-0.2, 0) is 15.5 Å².